The summed E-state index contributed by atoms with van der Waals surface area (Å²) in [6.07, 6.45) is 3.19. The normalized spacial score (nSPS) is 32.6. The van der Waals surface area contributed by atoms with Gasteiger partial charge in [0.05, 0.1) is 24.8 Å². The second-order valence-electron chi connectivity index (χ2n) is 8.87. The van der Waals surface area contributed by atoms with E-state index in [0.717, 1.165) is 19.3 Å². The van der Waals surface area contributed by atoms with Gasteiger partial charge in [-0.2, -0.15) is 5.26 Å². The van der Waals surface area contributed by atoms with E-state index in [1.165, 1.54) is 11.0 Å². The lowest BCUT2D eigenvalue weighted by Crippen LogP contribution is -2.59. The Balaban J connectivity index is 1.33. The molecule has 2 bridgehead atoms. The van der Waals surface area contributed by atoms with Crippen molar-refractivity contribution in [1.29, 1.82) is 5.26 Å². The molecule has 1 saturated heterocycles. The number of nitrogens with one attached hydrogen (secondary N) is 2. The van der Waals surface area contributed by atoms with E-state index in [0.29, 0.717) is 19.3 Å². The van der Waals surface area contributed by atoms with Crippen LogP contribution in [0.1, 0.15) is 44.9 Å². The molecule has 6 nitrogen and oxygen atoms in total. The van der Waals surface area contributed by atoms with Gasteiger partial charge in [0.1, 0.15) is 18.0 Å². The second kappa shape index (κ2) is 7.95. The molecule has 1 aliphatic heterocycles. The third kappa shape index (κ3) is 3.79. The summed E-state index contributed by atoms with van der Waals surface area (Å²) in [4.78, 5) is 26.8. The number of carbonyl (C=O) groups is 2. The number of amides is 2. The molecular formula is C22H26F2N4O2. The quantitative estimate of drug-likeness (QED) is 0.773. The molecule has 1 aromatic rings. The van der Waals surface area contributed by atoms with Gasteiger partial charge in [0, 0.05) is 17.4 Å². The molecule has 2 atom stereocenters. The zero-order valence-corrected chi connectivity index (χ0v) is 16.8. The molecule has 1 heterocycles. The molecule has 0 spiro atoms. The van der Waals surface area contributed by atoms with Gasteiger partial charge in [-0.25, -0.2) is 8.78 Å². The Morgan fingerprint density at radius 1 is 1.17 bits per heavy atom. The predicted molar refractivity (Wildman–Crippen MR) is 107 cm³/mol. The maximum absolute atomic E-state index is 13.9. The average Bonchev–Trinajstić information content (AvgIpc) is 3.16. The van der Waals surface area contributed by atoms with Gasteiger partial charge in [-0.05, 0) is 50.7 Å². The summed E-state index contributed by atoms with van der Waals surface area (Å²) >= 11 is 0. The van der Waals surface area contributed by atoms with Crippen molar-refractivity contribution in [3.8, 4) is 6.07 Å². The smallest absolute Gasteiger partial charge is 0.237 e. The molecule has 2 amide bonds. The Morgan fingerprint density at radius 3 is 2.47 bits per heavy atom. The summed E-state index contributed by atoms with van der Waals surface area (Å²) in [7, 11) is 0. The minimum Gasteiger partial charge on any atom is -0.323 e. The van der Waals surface area contributed by atoms with Crippen molar-refractivity contribution >= 4 is 17.5 Å². The molecule has 0 aromatic heterocycles. The van der Waals surface area contributed by atoms with E-state index in [4.69, 9.17) is 5.26 Å². The van der Waals surface area contributed by atoms with Gasteiger partial charge in [-0.3, -0.25) is 9.59 Å². The van der Waals surface area contributed by atoms with Crippen LogP contribution in [0.5, 0.6) is 0 Å². The van der Waals surface area contributed by atoms with Crippen LogP contribution in [0.4, 0.5) is 14.5 Å². The highest BCUT2D eigenvalue weighted by molar-refractivity contribution is 5.95. The van der Waals surface area contributed by atoms with Crippen LogP contribution in [0.25, 0.3) is 0 Å². The van der Waals surface area contributed by atoms with Crippen LogP contribution < -0.4 is 10.6 Å². The highest BCUT2D eigenvalue weighted by Crippen LogP contribution is 2.52. The van der Waals surface area contributed by atoms with Gasteiger partial charge >= 0.3 is 0 Å². The van der Waals surface area contributed by atoms with E-state index in [9.17, 15) is 18.4 Å². The van der Waals surface area contributed by atoms with Gasteiger partial charge < -0.3 is 15.5 Å². The number of nitriles is 1. The van der Waals surface area contributed by atoms with E-state index in [-0.39, 0.29) is 42.6 Å². The lowest BCUT2D eigenvalue weighted by atomic mass is 9.57. The van der Waals surface area contributed by atoms with Crippen molar-refractivity contribution in [2.45, 2.75) is 62.7 Å². The van der Waals surface area contributed by atoms with Crippen molar-refractivity contribution in [2.24, 2.45) is 5.41 Å². The molecule has 0 radical (unpaired) electrons. The Hall–Kier alpha value is -2.53. The van der Waals surface area contributed by atoms with E-state index >= 15 is 0 Å². The summed E-state index contributed by atoms with van der Waals surface area (Å²) in [5.74, 6) is -0.841. The van der Waals surface area contributed by atoms with Crippen LogP contribution in [0, 0.1) is 22.6 Å². The first-order valence-electron chi connectivity index (χ1n) is 10.5. The highest BCUT2D eigenvalue weighted by atomic mass is 19.1. The monoisotopic (exact) mass is 416 g/mol. The Kier molecular flexibility index (Phi) is 5.49. The standard InChI is InChI=1S/C22H26F2N4O2/c23-15-11-16(12-25)28(14-15)19(29)13-26-22-8-5-21(6-9-22,7-10-22)20(30)27-18-4-2-1-3-17(18)24/h1-4,15-16,26H,5-11,13-14H2,(H,27,30)/t15-,16-,21?,22?/m0/s1. The van der Waals surface area contributed by atoms with E-state index in [2.05, 4.69) is 10.6 Å². The highest BCUT2D eigenvalue weighted by Gasteiger charge is 2.52. The third-order valence-electron chi connectivity index (χ3n) is 7.18. The number of carbonyl (C=O) groups excluding carboxylic acids is 2. The summed E-state index contributed by atoms with van der Waals surface area (Å²) in [6.45, 7) is 0.0460. The minimum atomic E-state index is -1.14. The number of fused-ring (bicyclic) bond motifs is 3. The fraction of sp³-hybridized carbons (Fsp3) is 0.591. The molecule has 1 aromatic carbocycles. The fourth-order valence-electron chi connectivity index (χ4n) is 5.16. The second-order valence-corrected chi connectivity index (χ2v) is 8.87. The van der Waals surface area contributed by atoms with Crippen molar-refractivity contribution in [3.63, 3.8) is 0 Å². The third-order valence-corrected chi connectivity index (χ3v) is 7.18. The lowest BCUT2D eigenvalue weighted by Gasteiger charge is -2.52. The van der Waals surface area contributed by atoms with E-state index in [1.54, 1.807) is 18.2 Å². The van der Waals surface area contributed by atoms with E-state index < -0.39 is 23.4 Å². The molecule has 3 saturated carbocycles. The maximum Gasteiger partial charge on any atom is 0.237 e. The molecule has 2 N–H and O–H groups in total. The summed E-state index contributed by atoms with van der Waals surface area (Å²) in [5.41, 5.74) is -0.517. The van der Waals surface area contributed by atoms with Crippen LogP contribution >= 0.6 is 0 Å². The van der Waals surface area contributed by atoms with Crippen LogP contribution in [0.15, 0.2) is 24.3 Å². The largest absolute Gasteiger partial charge is 0.323 e. The molecule has 8 heteroatoms. The molecule has 5 rings (SSSR count). The van der Waals surface area contributed by atoms with Gasteiger partial charge in [0.25, 0.3) is 0 Å². The molecule has 3 aliphatic carbocycles. The fourth-order valence-corrected chi connectivity index (χ4v) is 5.16. The zero-order valence-electron chi connectivity index (χ0n) is 16.8. The van der Waals surface area contributed by atoms with Crippen LogP contribution in [0.3, 0.4) is 0 Å². The number of anilines is 1. The Bertz CT molecular complexity index is 860. The van der Waals surface area contributed by atoms with Crippen molar-refractivity contribution in [2.75, 3.05) is 18.4 Å². The number of hydrogen-bond donors (Lipinski definition) is 2. The molecule has 4 fully saturated rings. The number of likely N-dealkylation sites (tertiary alicyclic amines) is 1. The Morgan fingerprint density at radius 2 is 1.83 bits per heavy atom. The molecular weight excluding hydrogens is 390 g/mol. The molecule has 4 aliphatic rings. The number of benzene rings is 1. The summed E-state index contributed by atoms with van der Waals surface area (Å²) in [5, 5.41) is 15.2. The number of alkyl halides is 1. The number of rotatable bonds is 5. The Labute approximate surface area is 174 Å². The van der Waals surface area contributed by atoms with Crippen molar-refractivity contribution < 1.29 is 18.4 Å². The molecule has 0 unspecified atom stereocenters. The van der Waals surface area contributed by atoms with E-state index in [1.807, 2.05) is 6.07 Å². The van der Waals surface area contributed by atoms with Gasteiger partial charge in [-0.15, -0.1) is 0 Å². The van der Waals surface area contributed by atoms with Gasteiger partial charge in [0.2, 0.25) is 11.8 Å². The predicted octanol–water partition coefficient (Wildman–Crippen LogP) is 2.91. The van der Waals surface area contributed by atoms with Gasteiger partial charge in [0.15, 0.2) is 0 Å². The first-order chi connectivity index (χ1) is 14.4. The van der Waals surface area contributed by atoms with Crippen molar-refractivity contribution in [1.82, 2.24) is 10.2 Å². The summed E-state index contributed by atoms with van der Waals surface area (Å²) < 4.78 is 27.5. The summed E-state index contributed by atoms with van der Waals surface area (Å²) in [6, 6.07) is 7.46. The average molecular weight is 416 g/mol. The van der Waals surface area contributed by atoms with Crippen LogP contribution in [0.2, 0.25) is 0 Å². The van der Waals surface area contributed by atoms with Crippen LogP contribution in [-0.2, 0) is 9.59 Å². The zero-order chi connectivity index (χ0) is 21.4. The maximum atomic E-state index is 13.9. The first kappa shape index (κ1) is 20.7. The SMILES string of the molecule is N#C[C@@H]1C[C@H](F)CN1C(=O)CNC12CCC(C(=O)Nc3ccccc3F)(CC1)CC2. The molecule has 160 valence electrons. The first-order valence-corrected chi connectivity index (χ1v) is 10.5. The topological polar surface area (TPSA) is 85.2 Å². The van der Waals surface area contributed by atoms with Gasteiger partial charge in [-0.1, -0.05) is 12.1 Å². The molecule has 30 heavy (non-hydrogen) atoms. The van der Waals surface area contributed by atoms with Crippen molar-refractivity contribution in [3.05, 3.63) is 30.1 Å². The number of para-hydroxylation sites is 1. The number of nitrogens with zero attached hydrogens (tertiary/aromatic N) is 2. The lowest BCUT2D eigenvalue weighted by molar-refractivity contribution is -0.135. The van der Waals surface area contributed by atoms with Crippen LogP contribution in [-0.4, -0.2) is 47.6 Å². The number of hydrogen-bond acceptors (Lipinski definition) is 4. The number of halogens is 2. The minimum absolute atomic E-state index is 0.0228.